The minimum absolute atomic E-state index is 0.106. The van der Waals surface area contributed by atoms with E-state index >= 15 is 0 Å². The van der Waals surface area contributed by atoms with Gasteiger partial charge in [0, 0.05) is 5.92 Å². The summed E-state index contributed by atoms with van der Waals surface area (Å²) in [5.74, 6) is 0.268. The number of benzene rings is 2. The van der Waals surface area contributed by atoms with Gasteiger partial charge in [-0.2, -0.15) is 0 Å². The van der Waals surface area contributed by atoms with Gasteiger partial charge >= 0.3 is 0 Å². The summed E-state index contributed by atoms with van der Waals surface area (Å²) in [4.78, 5) is 0. The van der Waals surface area contributed by atoms with E-state index in [4.69, 9.17) is 0 Å². The molecule has 2 aromatic carbocycles. The molecule has 0 heterocycles. The first-order valence-electron chi connectivity index (χ1n) is 6.32. The molecule has 18 heavy (non-hydrogen) atoms. The molecule has 0 fully saturated rings. The van der Waals surface area contributed by atoms with Crippen LogP contribution >= 0.6 is 0 Å². The predicted molar refractivity (Wildman–Crippen MR) is 69.3 cm³/mol. The number of rotatable bonds is 1. The van der Waals surface area contributed by atoms with E-state index in [1.165, 1.54) is 6.07 Å². The van der Waals surface area contributed by atoms with E-state index < -0.39 is 0 Å². The van der Waals surface area contributed by atoms with Crippen LogP contribution in [0.2, 0.25) is 0 Å². The third-order valence-electron chi connectivity index (χ3n) is 3.73. The molecule has 1 nitrogen and oxygen atoms in total. The fraction of sp³-hybridized carbons (Fsp3) is 0.250. The zero-order chi connectivity index (χ0) is 12.5. The monoisotopic (exact) mass is 242 g/mol. The number of aromatic hydroxyl groups is 1. The lowest BCUT2D eigenvalue weighted by Gasteiger charge is -2.26. The molecule has 3 rings (SSSR count). The first-order valence-corrected chi connectivity index (χ1v) is 6.32. The Hall–Kier alpha value is -1.83. The third-order valence-corrected chi connectivity index (χ3v) is 3.73. The number of halogens is 1. The first-order chi connectivity index (χ1) is 8.75. The fourth-order valence-corrected chi connectivity index (χ4v) is 2.87. The van der Waals surface area contributed by atoms with Crippen LogP contribution in [0.3, 0.4) is 0 Å². The van der Waals surface area contributed by atoms with Crippen molar-refractivity contribution in [3.05, 3.63) is 65.0 Å². The van der Waals surface area contributed by atoms with Gasteiger partial charge < -0.3 is 5.11 Å². The van der Waals surface area contributed by atoms with Gasteiger partial charge in [-0.3, -0.25) is 0 Å². The second-order valence-electron chi connectivity index (χ2n) is 4.85. The van der Waals surface area contributed by atoms with E-state index in [9.17, 15) is 9.50 Å². The van der Waals surface area contributed by atoms with Crippen molar-refractivity contribution in [1.82, 2.24) is 0 Å². The molecule has 1 aliphatic carbocycles. The van der Waals surface area contributed by atoms with Crippen molar-refractivity contribution < 1.29 is 9.50 Å². The largest absolute Gasteiger partial charge is 0.508 e. The summed E-state index contributed by atoms with van der Waals surface area (Å²) >= 11 is 0. The maximum atomic E-state index is 14.0. The van der Waals surface area contributed by atoms with Gasteiger partial charge in [0.15, 0.2) is 0 Å². The SMILES string of the molecule is Oc1ccc(C2CCCc3cccc(F)c32)cc1. The Kier molecular flexibility index (Phi) is 2.78. The molecule has 0 spiro atoms. The third kappa shape index (κ3) is 1.88. The molecule has 2 aromatic rings. The van der Waals surface area contributed by atoms with Crippen LogP contribution < -0.4 is 0 Å². The van der Waals surface area contributed by atoms with Gasteiger partial charge in [-0.05, 0) is 54.2 Å². The molecule has 0 radical (unpaired) electrons. The van der Waals surface area contributed by atoms with Gasteiger partial charge in [-0.1, -0.05) is 24.3 Å². The van der Waals surface area contributed by atoms with Crippen LogP contribution in [-0.4, -0.2) is 5.11 Å². The zero-order valence-corrected chi connectivity index (χ0v) is 10.1. The zero-order valence-electron chi connectivity index (χ0n) is 10.1. The highest BCUT2D eigenvalue weighted by Gasteiger charge is 2.24. The minimum atomic E-state index is -0.106. The second-order valence-corrected chi connectivity index (χ2v) is 4.85. The number of aryl methyl sites for hydroxylation is 1. The van der Waals surface area contributed by atoms with E-state index in [-0.39, 0.29) is 17.5 Å². The molecule has 92 valence electrons. The van der Waals surface area contributed by atoms with Crippen molar-refractivity contribution in [2.24, 2.45) is 0 Å². The number of hydrogen-bond acceptors (Lipinski definition) is 1. The van der Waals surface area contributed by atoms with E-state index in [0.29, 0.717) is 0 Å². The van der Waals surface area contributed by atoms with Crippen molar-refractivity contribution in [2.45, 2.75) is 25.2 Å². The van der Waals surface area contributed by atoms with Gasteiger partial charge in [-0.25, -0.2) is 4.39 Å². The molecular weight excluding hydrogens is 227 g/mol. The number of fused-ring (bicyclic) bond motifs is 1. The van der Waals surface area contributed by atoms with E-state index in [0.717, 1.165) is 36.0 Å². The highest BCUT2D eigenvalue weighted by molar-refractivity contribution is 5.42. The maximum absolute atomic E-state index is 14.0. The summed E-state index contributed by atoms with van der Waals surface area (Å²) in [5.41, 5.74) is 3.05. The smallest absolute Gasteiger partial charge is 0.127 e. The molecule has 0 saturated heterocycles. The molecule has 1 aliphatic rings. The molecule has 2 heteroatoms. The summed E-state index contributed by atoms with van der Waals surface area (Å²) in [6.45, 7) is 0. The Bertz CT molecular complexity index is 560. The Morgan fingerprint density at radius 2 is 1.83 bits per heavy atom. The second kappa shape index (κ2) is 4.45. The van der Waals surface area contributed by atoms with Crippen LogP contribution in [0.4, 0.5) is 4.39 Å². The van der Waals surface area contributed by atoms with E-state index in [1.807, 2.05) is 18.2 Å². The van der Waals surface area contributed by atoms with Crippen LogP contribution in [-0.2, 0) is 6.42 Å². The van der Waals surface area contributed by atoms with Gasteiger partial charge in [0.1, 0.15) is 11.6 Å². The van der Waals surface area contributed by atoms with Gasteiger partial charge in [0.2, 0.25) is 0 Å². The quantitative estimate of drug-likeness (QED) is 0.801. The van der Waals surface area contributed by atoms with Crippen molar-refractivity contribution in [3.63, 3.8) is 0 Å². The van der Waals surface area contributed by atoms with Crippen LogP contribution in [0.5, 0.6) is 5.75 Å². The Balaban J connectivity index is 2.08. The van der Waals surface area contributed by atoms with Crippen molar-refractivity contribution in [2.75, 3.05) is 0 Å². The standard InChI is InChI=1S/C16H15FO/c17-15-6-2-4-12-3-1-5-14(16(12)15)11-7-9-13(18)10-8-11/h2,4,6-10,14,18H,1,3,5H2. The number of phenols is 1. The topological polar surface area (TPSA) is 20.2 Å². The van der Waals surface area contributed by atoms with Gasteiger partial charge in [-0.15, -0.1) is 0 Å². The number of phenolic OH excluding ortho intramolecular Hbond substituents is 1. The summed E-state index contributed by atoms with van der Waals surface area (Å²) in [7, 11) is 0. The summed E-state index contributed by atoms with van der Waals surface area (Å²) in [5, 5.41) is 9.33. The average Bonchev–Trinajstić information content (AvgIpc) is 2.39. The van der Waals surface area contributed by atoms with Gasteiger partial charge in [0.05, 0.1) is 0 Å². The molecule has 1 unspecified atom stereocenters. The van der Waals surface area contributed by atoms with Gasteiger partial charge in [0.25, 0.3) is 0 Å². The highest BCUT2D eigenvalue weighted by atomic mass is 19.1. The lowest BCUT2D eigenvalue weighted by Crippen LogP contribution is -2.13. The van der Waals surface area contributed by atoms with Crippen LogP contribution in [0.1, 0.15) is 35.4 Å². The molecule has 1 N–H and O–H groups in total. The number of hydrogen-bond donors (Lipinski definition) is 1. The van der Waals surface area contributed by atoms with Crippen LogP contribution in [0.15, 0.2) is 42.5 Å². The Labute approximate surface area is 106 Å². The Morgan fingerprint density at radius 1 is 1.06 bits per heavy atom. The summed E-state index contributed by atoms with van der Waals surface area (Å²) < 4.78 is 14.0. The molecule has 0 aromatic heterocycles. The van der Waals surface area contributed by atoms with Crippen molar-refractivity contribution in [1.29, 1.82) is 0 Å². The Morgan fingerprint density at radius 3 is 2.61 bits per heavy atom. The summed E-state index contributed by atoms with van der Waals surface area (Å²) in [6.07, 6.45) is 3.02. The normalized spacial score (nSPS) is 18.4. The molecule has 0 bridgehead atoms. The van der Waals surface area contributed by atoms with E-state index in [1.54, 1.807) is 18.2 Å². The lowest BCUT2D eigenvalue weighted by molar-refractivity contribution is 0.474. The molecule has 0 aliphatic heterocycles. The highest BCUT2D eigenvalue weighted by Crippen LogP contribution is 2.38. The molecule has 0 saturated carbocycles. The lowest BCUT2D eigenvalue weighted by atomic mass is 9.78. The predicted octanol–water partition coefficient (Wildman–Crippen LogP) is 4.00. The molecular formula is C16H15FO. The minimum Gasteiger partial charge on any atom is -0.508 e. The summed E-state index contributed by atoms with van der Waals surface area (Å²) in [6, 6.07) is 12.5. The van der Waals surface area contributed by atoms with Crippen molar-refractivity contribution >= 4 is 0 Å². The van der Waals surface area contributed by atoms with Crippen molar-refractivity contribution in [3.8, 4) is 5.75 Å². The first kappa shape index (κ1) is 11.3. The maximum Gasteiger partial charge on any atom is 0.127 e. The average molecular weight is 242 g/mol. The fourth-order valence-electron chi connectivity index (χ4n) is 2.87. The van der Waals surface area contributed by atoms with E-state index in [2.05, 4.69) is 0 Å². The molecule has 0 amide bonds. The van der Waals surface area contributed by atoms with Crippen LogP contribution in [0, 0.1) is 5.82 Å². The molecule has 1 atom stereocenters. The van der Waals surface area contributed by atoms with Crippen LogP contribution in [0.25, 0.3) is 0 Å².